The van der Waals surface area contributed by atoms with Gasteiger partial charge in [-0.15, -0.1) is 0 Å². The van der Waals surface area contributed by atoms with E-state index in [1.807, 2.05) is 0 Å². The van der Waals surface area contributed by atoms with Crippen molar-refractivity contribution in [2.45, 2.75) is 39.5 Å². The van der Waals surface area contributed by atoms with E-state index in [0.717, 1.165) is 25.8 Å². The van der Waals surface area contributed by atoms with Crippen LogP contribution in [0.25, 0.3) is 0 Å². The fourth-order valence-electron chi connectivity index (χ4n) is 0.770. The molecular weight excluding hydrogens is 206 g/mol. The zero-order chi connectivity index (χ0) is 8.69. The first-order valence-corrected chi connectivity index (χ1v) is 4.89. The van der Waals surface area contributed by atoms with Gasteiger partial charge in [0.05, 0.1) is 16.1 Å². The molecule has 0 aromatic carbocycles. The van der Waals surface area contributed by atoms with E-state index in [9.17, 15) is 4.79 Å². The number of rotatable bonds is 5. The molecule has 0 unspecified atom stereocenters. The van der Waals surface area contributed by atoms with E-state index in [1.54, 1.807) is 3.93 Å². The lowest BCUT2D eigenvalue weighted by Gasteiger charge is -2.12. The van der Waals surface area contributed by atoms with Crippen molar-refractivity contribution in [2.75, 3.05) is 6.54 Å². The number of hydrogen-bond acceptors (Lipinski definition) is 1. The molecule has 0 heterocycles. The minimum atomic E-state index is 0.203. The van der Waals surface area contributed by atoms with Gasteiger partial charge in [-0.3, -0.25) is 8.72 Å². The van der Waals surface area contributed by atoms with E-state index in [4.69, 9.17) is 0 Å². The van der Waals surface area contributed by atoms with Crippen molar-refractivity contribution in [1.29, 1.82) is 0 Å². The quantitative estimate of drug-likeness (QED) is 0.655. The van der Waals surface area contributed by atoms with Crippen LogP contribution < -0.4 is 0 Å². The summed E-state index contributed by atoms with van der Waals surface area (Å²) in [5.41, 5.74) is 0. The molecule has 0 fully saturated rings. The van der Waals surface area contributed by atoms with Crippen molar-refractivity contribution in [2.24, 2.45) is 0 Å². The Labute approximate surface area is 77.3 Å². The van der Waals surface area contributed by atoms with Crippen LogP contribution in [0.15, 0.2) is 0 Å². The van der Waals surface area contributed by atoms with E-state index in [-0.39, 0.29) is 5.91 Å². The summed E-state index contributed by atoms with van der Waals surface area (Å²) >= 11 is 3.22. The summed E-state index contributed by atoms with van der Waals surface area (Å²) in [5, 5.41) is 0. The molecular formula is C8H16BrNO. The molecule has 0 spiro atoms. The summed E-state index contributed by atoms with van der Waals surface area (Å²) < 4.78 is 1.63. The second-order valence-electron chi connectivity index (χ2n) is 2.58. The van der Waals surface area contributed by atoms with Crippen LogP contribution >= 0.6 is 16.1 Å². The third kappa shape index (κ3) is 5.24. The van der Waals surface area contributed by atoms with Crippen molar-refractivity contribution >= 4 is 22.1 Å². The molecule has 0 saturated carbocycles. The maximum absolute atomic E-state index is 11.2. The molecule has 0 bridgehead atoms. The summed E-state index contributed by atoms with van der Waals surface area (Å²) in [6.45, 7) is 4.95. The molecule has 0 aromatic rings. The lowest BCUT2D eigenvalue weighted by Crippen LogP contribution is -2.20. The lowest BCUT2D eigenvalue weighted by atomic mass is 10.2. The average Bonchev–Trinajstić information content (AvgIpc) is 2.00. The molecule has 0 aliphatic rings. The highest BCUT2D eigenvalue weighted by atomic mass is 79.9. The Balaban J connectivity index is 3.47. The van der Waals surface area contributed by atoms with Crippen LogP contribution in [0.2, 0.25) is 0 Å². The molecule has 1 amide bonds. The van der Waals surface area contributed by atoms with Crippen LogP contribution in [0.4, 0.5) is 0 Å². The van der Waals surface area contributed by atoms with Gasteiger partial charge < -0.3 is 0 Å². The summed E-state index contributed by atoms with van der Waals surface area (Å²) in [5.74, 6) is 0.203. The molecule has 2 nitrogen and oxygen atoms in total. The largest absolute Gasteiger partial charge is 0.279 e. The number of carbonyl (C=O) groups is 1. The Hall–Kier alpha value is -0.0500. The van der Waals surface area contributed by atoms with Gasteiger partial charge >= 0.3 is 0 Å². The van der Waals surface area contributed by atoms with Crippen LogP contribution in [-0.2, 0) is 4.79 Å². The smallest absolute Gasteiger partial charge is 0.232 e. The third-order valence-corrected chi connectivity index (χ3v) is 2.18. The van der Waals surface area contributed by atoms with E-state index < -0.39 is 0 Å². The normalized spacial score (nSPS) is 9.73. The first kappa shape index (κ1) is 11.0. The minimum Gasteiger partial charge on any atom is -0.279 e. The molecule has 11 heavy (non-hydrogen) atoms. The number of amides is 1. The number of nitrogens with zero attached hydrogens (tertiary/aromatic N) is 1. The second kappa shape index (κ2) is 6.65. The first-order valence-electron chi connectivity index (χ1n) is 4.18. The zero-order valence-corrected chi connectivity index (χ0v) is 8.85. The number of unbranched alkanes of at least 4 members (excludes halogenated alkanes) is 1. The summed E-state index contributed by atoms with van der Waals surface area (Å²) in [7, 11) is 0. The van der Waals surface area contributed by atoms with Crippen LogP contribution in [0.3, 0.4) is 0 Å². The van der Waals surface area contributed by atoms with Gasteiger partial charge in [0.25, 0.3) is 0 Å². The maximum atomic E-state index is 11.2. The molecule has 3 heteroatoms. The minimum absolute atomic E-state index is 0.203. The predicted molar refractivity (Wildman–Crippen MR) is 50.5 cm³/mol. The molecule has 0 saturated heterocycles. The maximum Gasteiger partial charge on any atom is 0.232 e. The highest BCUT2D eigenvalue weighted by Crippen LogP contribution is 2.05. The molecule has 0 N–H and O–H groups in total. The van der Waals surface area contributed by atoms with Crippen molar-refractivity contribution in [3.8, 4) is 0 Å². The molecule has 0 rings (SSSR count). The predicted octanol–water partition coefficient (Wildman–Crippen LogP) is 2.73. The highest BCUT2D eigenvalue weighted by Gasteiger charge is 2.07. The molecule has 0 aliphatic heterocycles. The van der Waals surface area contributed by atoms with Crippen molar-refractivity contribution < 1.29 is 4.79 Å². The van der Waals surface area contributed by atoms with Gasteiger partial charge in [-0.2, -0.15) is 0 Å². The van der Waals surface area contributed by atoms with Gasteiger partial charge in [0, 0.05) is 13.0 Å². The number of halogens is 1. The third-order valence-electron chi connectivity index (χ3n) is 1.43. The van der Waals surface area contributed by atoms with Gasteiger partial charge in [0.15, 0.2) is 0 Å². The Kier molecular flexibility index (Phi) is 6.62. The van der Waals surface area contributed by atoms with Crippen LogP contribution in [0.1, 0.15) is 39.5 Å². The van der Waals surface area contributed by atoms with E-state index in [0.29, 0.717) is 6.42 Å². The fourth-order valence-corrected chi connectivity index (χ4v) is 1.30. The van der Waals surface area contributed by atoms with Gasteiger partial charge in [-0.05, 0) is 12.8 Å². The van der Waals surface area contributed by atoms with Crippen LogP contribution in [0, 0.1) is 0 Å². The Morgan fingerprint density at radius 3 is 2.45 bits per heavy atom. The Bertz CT molecular complexity index is 117. The SMILES string of the molecule is CCCCC(=O)N(Br)CCC. The monoisotopic (exact) mass is 221 g/mol. The standard InChI is InChI=1S/C8H16BrNO/c1-3-5-6-8(11)10(9)7-4-2/h3-7H2,1-2H3. The van der Waals surface area contributed by atoms with Gasteiger partial charge in [-0.25, -0.2) is 0 Å². The van der Waals surface area contributed by atoms with Crippen LogP contribution in [0.5, 0.6) is 0 Å². The molecule has 0 atom stereocenters. The van der Waals surface area contributed by atoms with Gasteiger partial charge in [0.1, 0.15) is 0 Å². The highest BCUT2D eigenvalue weighted by molar-refractivity contribution is 9.07. The van der Waals surface area contributed by atoms with Gasteiger partial charge in [-0.1, -0.05) is 20.3 Å². The van der Waals surface area contributed by atoms with E-state index in [1.165, 1.54) is 0 Å². The van der Waals surface area contributed by atoms with Gasteiger partial charge in [0.2, 0.25) is 5.91 Å². The molecule has 0 aromatic heterocycles. The summed E-state index contributed by atoms with van der Waals surface area (Å²) in [6.07, 6.45) is 3.74. The summed E-state index contributed by atoms with van der Waals surface area (Å²) in [4.78, 5) is 11.2. The molecule has 0 radical (unpaired) electrons. The summed E-state index contributed by atoms with van der Waals surface area (Å²) in [6, 6.07) is 0. The first-order chi connectivity index (χ1) is 5.22. The number of hydrogen-bond donors (Lipinski definition) is 0. The number of carbonyl (C=O) groups excluding carboxylic acids is 1. The Morgan fingerprint density at radius 2 is 2.00 bits per heavy atom. The fraction of sp³-hybridized carbons (Fsp3) is 0.875. The molecule has 66 valence electrons. The average molecular weight is 222 g/mol. The Morgan fingerprint density at radius 1 is 1.36 bits per heavy atom. The van der Waals surface area contributed by atoms with Crippen LogP contribution in [-0.4, -0.2) is 16.4 Å². The van der Waals surface area contributed by atoms with Crippen molar-refractivity contribution in [1.82, 2.24) is 3.93 Å². The lowest BCUT2D eigenvalue weighted by molar-refractivity contribution is -0.125. The van der Waals surface area contributed by atoms with Crippen molar-refractivity contribution in [3.05, 3.63) is 0 Å². The topological polar surface area (TPSA) is 20.3 Å². The van der Waals surface area contributed by atoms with Crippen molar-refractivity contribution in [3.63, 3.8) is 0 Å². The van der Waals surface area contributed by atoms with E-state index in [2.05, 4.69) is 30.0 Å². The van der Waals surface area contributed by atoms with E-state index >= 15 is 0 Å². The molecule has 0 aliphatic carbocycles. The zero-order valence-electron chi connectivity index (χ0n) is 7.27. The second-order valence-corrected chi connectivity index (χ2v) is 3.44.